The highest BCUT2D eigenvalue weighted by Crippen LogP contribution is 2.22. The maximum Gasteiger partial charge on any atom is 0.221 e. The van der Waals surface area contributed by atoms with E-state index in [0.29, 0.717) is 25.3 Å². The first kappa shape index (κ1) is 14.3. The van der Waals surface area contributed by atoms with Gasteiger partial charge < -0.3 is 9.88 Å². The molecule has 1 aromatic carbocycles. The number of amides is 1. The Kier molecular flexibility index (Phi) is 4.82. The van der Waals surface area contributed by atoms with Gasteiger partial charge in [-0.3, -0.25) is 4.79 Å². The highest BCUT2D eigenvalue weighted by Gasteiger charge is 2.11. The number of nitrogens with zero attached hydrogens (tertiary/aromatic N) is 2. The lowest BCUT2D eigenvalue weighted by Crippen LogP contribution is -2.20. The zero-order chi connectivity index (χ0) is 13.8. The van der Waals surface area contributed by atoms with Gasteiger partial charge in [-0.15, -0.1) is 11.6 Å². The number of benzene rings is 1. The van der Waals surface area contributed by atoms with Gasteiger partial charge in [-0.05, 0) is 18.2 Å². The summed E-state index contributed by atoms with van der Waals surface area (Å²) in [4.78, 5) is 16.0. The molecule has 0 spiro atoms. The molecule has 0 saturated carbocycles. The van der Waals surface area contributed by atoms with Crippen LogP contribution in [0.15, 0.2) is 22.7 Å². The van der Waals surface area contributed by atoms with Gasteiger partial charge in [0.2, 0.25) is 5.91 Å². The van der Waals surface area contributed by atoms with Crippen LogP contribution in [-0.2, 0) is 17.8 Å². The number of alkyl halides is 1. The topological polar surface area (TPSA) is 46.9 Å². The van der Waals surface area contributed by atoms with E-state index >= 15 is 0 Å². The second-order valence-electron chi connectivity index (χ2n) is 4.17. The summed E-state index contributed by atoms with van der Waals surface area (Å²) in [6.07, 6.45) is 1.13. The fraction of sp³-hybridized carbons (Fsp3) is 0.385. The van der Waals surface area contributed by atoms with Gasteiger partial charge in [-0.1, -0.05) is 15.9 Å². The summed E-state index contributed by atoms with van der Waals surface area (Å²) < 4.78 is 3.07. The lowest BCUT2D eigenvalue weighted by atomic mass is 10.3. The molecule has 4 nitrogen and oxygen atoms in total. The summed E-state index contributed by atoms with van der Waals surface area (Å²) in [5, 5.41) is 2.63. The van der Waals surface area contributed by atoms with Crippen LogP contribution in [0.4, 0.5) is 0 Å². The van der Waals surface area contributed by atoms with Gasteiger partial charge in [0.05, 0.1) is 11.0 Å². The van der Waals surface area contributed by atoms with Crippen LogP contribution in [0.1, 0.15) is 12.2 Å². The van der Waals surface area contributed by atoms with Crippen molar-refractivity contribution in [1.29, 1.82) is 0 Å². The van der Waals surface area contributed by atoms with Gasteiger partial charge in [0, 0.05) is 36.8 Å². The third-order valence-corrected chi connectivity index (χ3v) is 3.63. The molecule has 0 unspecified atom stereocenters. The van der Waals surface area contributed by atoms with Crippen molar-refractivity contribution in [3.05, 3.63) is 28.5 Å². The van der Waals surface area contributed by atoms with E-state index in [-0.39, 0.29) is 5.91 Å². The minimum absolute atomic E-state index is 0.0219. The van der Waals surface area contributed by atoms with E-state index in [9.17, 15) is 4.79 Å². The predicted molar refractivity (Wildman–Crippen MR) is 80.5 cm³/mol. The molecule has 19 heavy (non-hydrogen) atoms. The van der Waals surface area contributed by atoms with Gasteiger partial charge in [0.25, 0.3) is 0 Å². The van der Waals surface area contributed by atoms with E-state index in [1.165, 1.54) is 0 Å². The predicted octanol–water partition coefficient (Wildman–Crippen LogP) is 2.72. The van der Waals surface area contributed by atoms with Crippen molar-refractivity contribution in [3.8, 4) is 0 Å². The molecule has 0 aliphatic rings. The minimum atomic E-state index is 0.0219. The molecule has 1 aromatic heterocycles. The molecule has 2 aromatic rings. The van der Waals surface area contributed by atoms with Crippen molar-refractivity contribution in [2.24, 2.45) is 0 Å². The summed E-state index contributed by atoms with van der Waals surface area (Å²) in [7, 11) is 1.64. The Morgan fingerprint density at radius 1 is 1.53 bits per heavy atom. The number of nitrogens with one attached hydrogen (secondary N) is 1. The Morgan fingerprint density at radius 3 is 3.00 bits per heavy atom. The van der Waals surface area contributed by atoms with Crippen LogP contribution < -0.4 is 5.32 Å². The Balaban J connectivity index is 2.38. The summed E-state index contributed by atoms with van der Waals surface area (Å²) in [6.45, 7) is 0.610. The SMILES string of the molecule is CNC(=O)CCn1c(CCCl)nc2ccc(Br)cc21. The number of rotatable bonds is 5. The number of carbonyl (C=O) groups excluding carboxylic acids is 1. The van der Waals surface area contributed by atoms with E-state index < -0.39 is 0 Å². The summed E-state index contributed by atoms with van der Waals surface area (Å²) in [5.74, 6) is 1.46. The van der Waals surface area contributed by atoms with Crippen molar-refractivity contribution < 1.29 is 4.79 Å². The van der Waals surface area contributed by atoms with Gasteiger partial charge in [-0.25, -0.2) is 4.98 Å². The molecule has 102 valence electrons. The van der Waals surface area contributed by atoms with Crippen LogP contribution in [0.5, 0.6) is 0 Å². The van der Waals surface area contributed by atoms with Crippen LogP contribution in [-0.4, -0.2) is 28.4 Å². The lowest BCUT2D eigenvalue weighted by Gasteiger charge is -2.08. The molecule has 2 rings (SSSR count). The van der Waals surface area contributed by atoms with Crippen LogP contribution >= 0.6 is 27.5 Å². The van der Waals surface area contributed by atoms with Crippen LogP contribution in [0.3, 0.4) is 0 Å². The molecule has 0 bridgehead atoms. The second kappa shape index (κ2) is 6.39. The first-order chi connectivity index (χ1) is 9.15. The maximum absolute atomic E-state index is 11.4. The van der Waals surface area contributed by atoms with Crippen molar-refractivity contribution in [1.82, 2.24) is 14.9 Å². The van der Waals surface area contributed by atoms with Gasteiger partial charge in [0.1, 0.15) is 5.82 Å². The molecule has 0 fully saturated rings. The quantitative estimate of drug-likeness (QED) is 0.848. The molecule has 0 aliphatic heterocycles. The molecule has 0 radical (unpaired) electrons. The van der Waals surface area contributed by atoms with Crippen molar-refractivity contribution in [2.75, 3.05) is 12.9 Å². The van der Waals surface area contributed by atoms with Gasteiger partial charge in [0.15, 0.2) is 0 Å². The molecular weight excluding hydrogens is 330 g/mol. The number of fused-ring (bicyclic) bond motifs is 1. The van der Waals surface area contributed by atoms with Gasteiger partial charge >= 0.3 is 0 Å². The summed E-state index contributed by atoms with van der Waals surface area (Å²) in [5.41, 5.74) is 1.96. The monoisotopic (exact) mass is 343 g/mol. The number of aromatic nitrogens is 2. The minimum Gasteiger partial charge on any atom is -0.359 e. The molecule has 6 heteroatoms. The number of carbonyl (C=O) groups is 1. The van der Waals surface area contributed by atoms with E-state index in [0.717, 1.165) is 21.3 Å². The molecule has 0 aliphatic carbocycles. The highest BCUT2D eigenvalue weighted by atomic mass is 79.9. The Bertz CT molecular complexity index is 597. The third kappa shape index (κ3) is 3.28. The first-order valence-corrected chi connectivity index (χ1v) is 7.39. The fourth-order valence-electron chi connectivity index (χ4n) is 2.01. The van der Waals surface area contributed by atoms with Gasteiger partial charge in [-0.2, -0.15) is 0 Å². The molecule has 0 saturated heterocycles. The van der Waals surface area contributed by atoms with Crippen LogP contribution in [0, 0.1) is 0 Å². The zero-order valence-corrected chi connectivity index (χ0v) is 13.0. The molecule has 1 N–H and O–H groups in total. The van der Waals surface area contributed by atoms with E-state index in [1.807, 2.05) is 18.2 Å². The number of aryl methyl sites for hydroxylation is 2. The smallest absolute Gasteiger partial charge is 0.221 e. The second-order valence-corrected chi connectivity index (χ2v) is 5.47. The lowest BCUT2D eigenvalue weighted by molar-refractivity contribution is -0.120. The highest BCUT2D eigenvalue weighted by molar-refractivity contribution is 9.10. The Morgan fingerprint density at radius 2 is 2.32 bits per heavy atom. The molecule has 0 atom stereocenters. The van der Waals surface area contributed by atoms with E-state index in [4.69, 9.17) is 11.6 Å². The van der Waals surface area contributed by atoms with E-state index in [1.54, 1.807) is 7.05 Å². The van der Waals surface area contributed by atoms with Crippen molar-refractivity contribution in [2.45, 2.75) is 19.4 Å². The number of imidazole rings is 1. The zero-order valence-electron chi connectivity index (χ0n) is 10.6. The van der Waals surface area contributed by atoms with Crippen molar-refractivity contribution in [3.63, 3.8) is 0 Å². The number of hydrogen-bond donors (Lipinski definition) is 1. The maximum atomic E-state index is 11.4. The largest absolute Gasteiger partial charge is 0.359 e. The molecule has 1 amide bonds. The fourth-order valence-corrected chi connectivity index (χ4v) is 2.53. The summed E-state index contributed by atoms with van der Waals surface area (Å²) in [6, 6.07) is 5.94. The molecule has 1 heterocycles. The van der Waals surface area contributed by atoms with E-state index in [2.05, 4.69) is 30.8 Å². The van der Waals surface area contributed by atoms with Crippen LogP contribution in [0.2, 0.25) is 0 Å². The standard InChI is InChI=1S/C13H15BrClN3O/c1-16-13(19)5-7-18-11-8-9(14)2-3-10(11)17-12(18)4-6-15/h2-3,8H,4-7H2,1H3,(H,16,19). The number of halogens is 2. The normalized spacial score (nSPS) is 10.9. The number of hydrogen-bond acceptors (Lipinski definition) is 2. The Hall–Kier alpha value is -1.07. The average Bonchev–Trinajstić information content (AvgIpc) is 2.73. The first-order valence-electron chi connectivity index (χ1n) is 6.07. The third-order valence-electron chi connectivity index (χ3n) is 2.95. The average molecular weight is 345 g/mol. The Labute approximate surface area is 125 Å². The summed E-state index contributed by atoms with van der Waals surface area (Å²) >= 11 is 9.28. The van der Waals surface area contributed by atoms with Crippen molar-refractivity contribution >= 4 is 44.5 Å². The van der Waals surface area contributed by atoms with Crippen LogP contribution in [0.25, 0.3) is 11.0 Å². The molecular formula is C13H15BrClN3O.